The number of rotatable bonds is 4. The SMILES string of the molecule is Cc1ccc(S(=O)(=O)Oc2cc(C)c(S(=O)(=O)O)cc2C)c(C)c1. The molecule has 0 aliphatic carbocycles. The molecule has 0 amide bonds. The molecule has 1 N–H and O–H groups in total. The lowest BCUT2D eigenvalue weighted by Gasteiger charge is -2.13. The van der Waals surface area contributed by atoms with Crippen LogP contribution >= 0.6 is 0 Å². The predicted molar refractivity (Wildman–Crippen MR) is 89.5 cm³/mol. The Morgan fingerprint density at radius 1 is 0.792 bits per heavy atom. The second kappa shape index (κ2) is 6.19. The third-order valence-electron chi connectivity index (χ3n) is 3.55. The molecular weight excluding hydrogens is 352 g/mol. The van der Waals surface area contributed by atoms with Gasteiger partial charge in [-0.2, -0.15) is 16.8 Å². The predicted octanol–water partition coefficient (Wildman–Crippen LogP) is 2.93. The van der Waals surface area contributed by atoms with E-state index in [4.69, 9.17) is 4.18 Å². The summed E-state index contributed by atoms with van der Waals surface area (Å²) in [5.74, 6) is 0.0138. The molecule has 2 aromatic rings. The van der Waals surface area contributed by atoms with Crippen molar-refractivity contribution in [3.63, 3.8) is 0 Å². The van der Waals surface area contributed by atoms with Gasteiger partial charge in [-0.25, -0.2) is 0 Å². The third kappa shape index (κ3) is 3.77. The maximum absolute atomic E-state index is 12.5. The molecule has 130 valence electrons. The summed E-state index contributed by atoms with van der Waals surface area (Å²) in [5, 5.41) is 0. The van der Waals surface area contributed by atoms with Gasteiger partial charge >= 0.3 is 10.1 Å². The summed E-state index contributed by atoms with van der Waals surface area (Å²) < 4.78 is 61.9. The van der Waals surface area contributed by atoms with Crippen molar-refractivity contribution in [2.75, 3.05) is 0 Å². The molecule has 0 bridgehead atoms. The second-order valence-electron chi connectivity index (χ2n) is 5.66. The van der Waals surface area contributed by atoms with Crippen LogP contribution < -0.4 is 4.18 Å². The Balaban J connectivity index is 2.49. The lowest BCUT2D eigenvalue weighted by atomic mass is 10.1. The molecule has 8 heteroatoms. The van der Waals surface area contributed by atoms with Gasteiger partial charge in [-0.15, -0.1) is 0 Å². The van der Waals surface area contributed by atoms with E-state index in [1.54, 1.807) is 19.1 Å². The zero-order valence-corrected chi connectivity index (χ0v) is 15.3. The number of hydrogen-bond acceptors (Lipinski definition) is 5. The van der Waals surface area contributed by atoms with E-state index < -0.39 is 20.2 Å². The minimum atomic E-state index is -4.39. The van der Waals surface area contributed by atoms with Gasteiger partial charge in [0.25, 0.3) is 10.1 Å². The average molecular weight is 370 g/mol. The molecule has 0 spiro atoms. The summed E-state index contributed by atoms with van der Waals surface area (Å²) >= 11 is 0. The minimum Gasteiger partial charge on any atom is -0.379 e. The van der Waals surface area contributed by atoms with Crippen molar-refractivity contribution in [2.45, 2.75) is 37.5 Å². The smallest absolute Gasteiger partial charge is 0.339 e. The van der Waals surface area contributed by atoms with E-state index >= 15 is 0 Å². The summed E-state index contributed by atoms with van der Waals surface area (Å²) in [6, 6.07) is 7.32. The van der Waals surface area contributed by atoms with Gasteiger partial charge in [-0.3, -0.25) is 4.55 Å². The van der Waals surface area contributed by atoms with Gasteiger partial charge in [0, 0.05) is 0 Å². The summed E-state index contributed by atoms with van der Waals surface area (Å²) in [6.07, 6.45) is 0. The third-order valence-corrected chi connectivity index (χ3v) is 5.94. The van der Waals surface area contributed by atoms with Crippen molar-refractivity contribution in [1.82, 2.24) is 0 Å². The molecule has 0 radical (unpaired) electrons. The van der Waals surface area contributed by atoms with Crippen LogP contribution in [-0.2, 0) is 20.2 Å². The van der Waals surface area contributed by atoms with Gasteiger partial charge in [0.05, 0.1) is 4.90 Å². The van der Waals surface area contributed by atoms with Crippen molar-refractivity contribution in [3.05, 3.63) is 52.6 Å². The maximum atomic E-state index is 12.5. The minimum absolute atomic E-state index is 0.0138. The Kier molecular flexibility index (Phi) is 4.76. The number of benzene rings is 2. The van der Waals surface area contributed by atoms with Crippen LogP contribution in [-0.4, -0.2) is 21.4 Å². The van der Waals surface area contributed by atoms with Gasteiger partial charge in [0.15, 0.2) is 0 Å². The molecule has 2 aromatic carbocycles. The fourth-order valence-electron chi connectivity index (χ4n) is 2.37. The lowest BCUT2D eigenvalue weighted by molar-refractivity contribution is 0.480. The number of aryl methyl sites for hydroxylation is 4. The zero-order valence-electron chi connectivity index (χ0n) is 13.7. The molecule has 0 heterocycles. The molecule has 24 heavy (non-hydrogen) atoms. The normalized spacial score (nSPS) is 12.2. The first-order chi connectivity index (χ1) is 10.9. The Morgan fingerprint density at radius 2 is 1.38 bits per heavy atom. The Labute approximate surface area is 142 Å². The molecule has 2 rings (SSSR count). The number of hydrogen-bond donors (Lipinski definition) is 1. The first-order valence-corrected chi connectivity index (χ1v) is 9.87. The van der Waals surface area contributed by atoms with Crippen LogP contribution in [0.1, 0.15) is 22.3 Å². The summed E-state index contributed by atoms with van der Waals surface area (Å²) in [4.78, 5) is -0.236. The maximum Gasteiger partial charge on any atom is 0.339 e. The first-order valence-electron chi connectivity index (χ1n) is 7.02. The molecular formula is C16H18O6S2. The van der Waals surface area contributed by atoms with Crippen LogP contribution in [0.2, 0.25) is 0 Å². The molecule has 0 aliphatic heterocycles. The van der Waals surface area contributed by atoms with E-state index in [1.165, 1.54) is 32.0 Å². The quantitative estimate of drug-likeness (QED) is 0.656. The molecule has 0 aromatic heterocycles. The second-order valence-corrected chi connectivity index (χ2v) is 8.57. The Bertz CT molecular complexity index is 1010. The standard InChI is InChI=1S/C16H18O6S2/c1-10-5-6-15(12(3)7-10)24(20,21)22-14-8-13(4)16(9-11(14)2)23(17,18)19/h5-9H,1-4H3,(H,17,18,19). The van der Waals surface area contributed by atoms with Gasteiger partial charge in [0.1, 0.15) is 10.6 Å². The van der Waals surface area contributed by atoms with E-state index in [9.17, 15) is 21.4 Å². The molecule has 0 unspecified atom stereocenters. The Hall–Kier alpha value is -1.90. The van der Waals surface area contributed by atoms with Crippen molar-refractivity contribution in [1.29, 1.82) is 0 Å². The van der Waals surface area contributed by atoms with E-state index in [0.29, 0.717) is 5.56 Å². The van der Waals surface area contributed by atoms with Crippen LogP contribution in [0.15, 0.2) is 40.1 Å². The van der Waals surface area contributed by atoms with E-state index in [1.807, 2.05) is 6.92 Å². The van der Waals surface area contributed by atoms with Gasteiger partial charge < -0.3 is 4.18 Å². The van der Waals surface area contributed by atoms with Crippen LogP contribution in [0.3, 0.4) is 0 Å². The molecule has 0 saturated carbocycles. The van der Waals surface area contributed by atoms with Crippen molar-refractivity contribution < 1.29 is 25.6 Å². The fraction of sp³-hybridized carbons (Fsp3) is 0.250. The van der Waals surface area contributed by atoms with Crippen LogP contribution in [0.4, 0.5) is 0 Å². The van der Waals surface area contributed by atoms with Crippen LogP contribution in [0.5, 0.6) is 5.75 Å². The summed E-state index contributed by atoms with van der Waals surface area (Å²) in [5.41, 5.74) is 1.95. The zero-order chi connectivity index (χ0) is 18.3. The highest BCUT2D eigenvalue weighted by atomic mass is 32.2. The highest BCUT2D eigenvalue weighted by Crippen LogP contribution is 2.29. The van der Waals surface area contributed by atoms with E-state index in [-0.39, 0.29) is 26.7 Å². The Morgan fingerprint density at radius 3 is 1.92 bits per heavy atom. The fourth-order valence-corrected chi connectivity index (χ4v) is 4.36. The van der Waals surface area contributed by atoms with Crippen molar-refractivity contribution in [2.24, 2.45) is 0 Å². The average Bonchev–Trinajstić information content (AvgIpc) is 2.40. The molecule has 0 fully saturated rings. The lowest BCUT2D eigenvalue weighted by Crippen LogP contribution is -2.13. The molecule has 0 saturated heterocycles. The monoisotopic (exact) mass is 370 g/mol. The van der Waals surface area contributed by atoms with Gasteiger partial charge in [-0.1, -0.05) is 17.7 Å². The van der Waals surface area contributed by atoms with E-state index in [2.05, 4.69) is 0 Å². The van der Waals surface area contributed by atoms with Gasteiger partial charge in [-0.05, 0) is 62.6 Å². The molecule has 6 nitrogen and oxygen atoms in total. The summed E-state index contributed by atoms with van der Waals surface area (Å²) in [6.45, 7) is 6.47. The van der Waals surface area contributed by atoms with Gasteiger partial charge in [0.2, 0.25) is 0 Å². The van der Waals surface area contributed by atoms with Crippen molar-refractivity contribution >= 4 is 20.2 Å². The highest BCUT2D eigenvalue weighted by Gasteiger charge is 2.22. The van der Waals surface area contributed by atoms with E-state index in [0.717, 1.165) is 5.56 Å². The summed E-state index contributed by atoms with van der Waals surface area (Å²) in [7, 11) is -8.45. The molecule has 0 aliphatic rings. The highest BCUT2D eigenvalue weighted by molar-refractivity contribution is 7.87. The largest absolute Gasteiger partial charge is 0.379 e. The first kappa shape index (κ1) is 18.4. The van der Waals surface area contributed by atoms with Crippen molar-refractivity contribution in [3.8, 4) is 5.75 Å². The van der Waals surface area contributed by atoms with Crippen LogP contribution in [0, 0.1) is 27.7 Å². The topological polar surface area (TPSA) is 97.7 Å². The van der Waals surface area contributed by atoms with Crippen LogP contribution in [0.25, 0.3) is 0 Å². The molecule has 0 atom stereocenters.